The first-order valence-electron chi connectivity index (χ1n) is 8.48. The Morgan fingerprint density at radius 2 is 2.22 bits per heavy atom. The van der Waals surface area contributed by atoms with Crippen LogP contribution < -0.4 is 10.2 Å². The van der Waals surface area contributed by atoms with Crippen molar-refractivity contribution < 1.29 is 23.1 Å². The number of amides is 1. The van der Waals surface area contributed by atoms with Crippen molar-refractivity contribution >= 4 is 11.7 Å². The molecule has 1 amide bonds. The van der Waals surface area contributed by atoms with Crippen molar-refractivity contribution in [2.45, 2.75) is 25.1 Å². The molecule has 0 bridgehead atoms. The molecule has 1 aliphatic rings. The lowest BCUT2D eigenvalue weighted by atomic mass is 10.0. The van der Waals surface area contributed by atoms with Crippen molar-refractivity contribution in [3.05, 3.63) is 35.8 Å². The average Bonchev–Trinajstić information content (AvgIpc) is 3.16. The second-order valence-corrected chi connectivity index (χ2v) is 6.18. The summed E-state index contributed by atoms with van der Waals surface area (Å²) in [5.41, 5.74) is -0.678. The Labute approximate surface area is 153 Å². The van der Waals surface area contributed by atoms with Gasteiger partial charge in [-0.05, 0) is 25.0 Å². The molecular formula is C16H19F3N6O2. The Balaban J connectivity index is 1.76. The fourth-order valence-corrected chi connectivity index (χ4v) is 3.05. The van der Waals surface area contributed by atoms with Crippen molar-refractivity contribution in [1.29, 1.82) is 0 Å². The van der Waals surface area contributed by atoms with E-state index < -0.39 is 17.6 Å². The van der Waals surface area contributed by atoms with E-state index >= 15 is 0 Å². The van der Waals surface area contributed by atoms with Crippen LogP contribution in [0, 0.1) is 0 Å². The highest BCUT2D eigenvalue weighted by atomic mass is 19.4. The third-order valence-corrected chi connectivity index (χ3v) is 4.30. The number of alkyl halides is 3. The number of aromatic nitrogens is 4. The first-order valence-corrected chi connectivity index (χ1v) is 8.48. The fraction of sp³-hybridized carbons (Fsp3) is 0.500. The summed E-state index contributed by atoms with van der Waals surface area (Å²) >= 11 is 0. The molecular weight excluding hydrogens is 365 g/mol. The standard InChI is InChI=1S/C16H19F3N6O2/c17-16(18,19)12-4-1-5-20-14(12)24-7-2-3-11(9-24)25-10-13(22-23-25)15(27)21-6-8-26/h1,4-5,10-11,26H,2-3,6-9H2,(H,21,27)/t11-/m1/s1. The fourth-order valence-electron chi connectivity index (χ4n) is 3.05. The number of piperidine rings is 1. The van der Waals surface area contributed by atoms with E-state index in [2.05, 4.69) is 20.6 Å². The van der Waals surface area contributed by atoms with Gasteiger partial charge in [0, 0.05) is 25.8 Å². The van der Waals surface area contributed by atoms with Crippen molar-refractivity contribution in [2.75, 3.05) is 31.1 Å². The van der Waals surface area contributed by atoms with Gasteiger partial charge in [-0.1, -0.05) is 5.21 Å². The Hall–Kier alpha value is -2.69. The van der Waals surface area contributed by atoms with Crippen molar-refractivity contribution in [1.82, 2.24) is 25.3 Å². The van der Waals surface area contributed by atoms with Gasteiger partial charge in [0.1, 0.15) is 5.82 Å². The smallest absolute Gasteiger partial charge is 0.395 e. The zero-order chi connectivity index (χ0) is 19.4. The SMILES string of the molecule is O=C(NCCO)c1cn([C@@H]2CCCN(c3ncccc3C(F)(F)F)C2)nn1. The van der Waals surface area contributed by atoms with Gasteiger partial charge in [-0.2, -0.15) is 13.2 Å². The molecule has 2 aromatic heterocycles. The molecule has 1 atom stereocenters. The molecule has 0 unspecified atom stereocenters. The summed E-state index contributed by atoms with van der Waals surface area (Å²) in [6.07, 6.45) is -0.324. The molecule has 1 aliphatic heterocycles. The van der Waals surface area contributed by atoms with E-state index in [9.17, 15) is 18.0 Å². The first kappa shape index (κ1) is 19.1. The number of carbonyl (C=O) groups excluding carboxylic acids is 1. The largest absolute Gasteiger partial charge is 0.419 e. The van der Waals surface area contributed by atoms with Crippen LogP contribution >= 0.6 is 0 Å². The second-order valence-electron chi connectivity index (χ2n) is 6.18. The van der Waals surface area contributed by atoms with Gasteiger partial charge >= 0.3 is 6.18 Å². The van der Waals surface area contributed by atoms with E-state index in [0.29, 0.717) is 19.4 Å². The average molecular weight is 384 g/mol. The maximum atomic E-state index is 13.3. The highest BCUT2D eigenvalue weighted by molar-refractivity contribution is 5.91. The predicted molar refractivity (Wildman–Crippen MR) is 89.2 cm³/mol. The Morgan fingerprint density at radius 3 is 2.96 bits per heavy atom. The highest BCUT2D eigenvalue weighted by Gasteiger charge is 2.37. The lowest BCUT2D eigenvalue weighted by Gasteiger charge is -2.34. The van der Waals surface area contributed by atoms with Crippen LogP contribution in [0.1, 0.15) is 34.9 Å². The number of halogens is 3. The van der Waals surface area contributed by atoms with Crippen LogP contribution in [0.3, 0.4) is 0 Å². The topological polar surface area (TPSA) is 96.2 Å². The number of pyridine rings is 1. The Bertz CT molecular complexity index is 794. The number of rotatable bonds is 5. The molecule has 2 N–H and O–H groups in total. The first-order chi connectivity index (χ1) is 12.9. The second kappa shape index (κ2) is 7.91. The molecule has 3 rings (SSSR count). The Kier molecular flexibility index (Phi) is 5.59. The van der Waals surface area contributed by atoms with E-state index in [0.717, 1.165) is 6.07 Å². The van der Waals surface area contributed by atoms with Gasteiger partial charge in [-0.25, -0.2) is 9.67 Å². The number of carbonyl (C=O) groups is 1. The summed E-state index contributed by atoms with van der Waals surface area (Å²) in [6, 6.07) is 2.06. The number of aliphatic hydroxyl groups excluding tert-OH is 1. The van der Waals surface area contributed by atoms with Crippen LogP contribution in [-0.2, 0) is 6.18 Å². The number of hydrogen-bond donors (Lipinski definition) is 2. The molecule has 0 spiro atoms. The number of hydrogen-bond acceptors (Lipinski definition) is 6. The summed E-state index contributed by atoms with van der Waals surface area (Å²) in [7, 11) is 0. The van der Waals surface area contributed by atoms with Crippen LogP contribution in [0.4, 0.5) is 19.0 Å². The van der Waals surface area contributed by atoms with Gasteiger partial charge in [0.25, 0.3) is 5.91 Å². The summed E-state index contributed by atoms with van der Waals surface area (Å²) in [4.78, 5) is 17.4. The van der Waals surface area contributed by atoms with Crippen LogP contribution in [-0.4, -0.2) is 57.2 Å². The normalized spacial score (nSPS) is 17.8. The summed E-state index contributed by atoms with van der Waals surface area (Å²) < 4.78 is 41.3. The minimum atomic E-state index is -4.48. The van der Waals surface area contributed by atoms with Crippen LogP contribution in [0.2, 0.25) is 0 Å². The number of nitrogens with one attached hydrogen (secondary N) is 1. The Morgan fingerprint density at radius 1 is 1.41 bits per heavy atom. The van der Waals surface area contributed by atoms with E-state index in [-0.39, 0.29) is 37.3 Å². The molecule has 0 saturated carbocycles. The van der Waals surface area contributed by atoms with E-state index in [1.807, 2.05) is 0 Å². The third kappa shape index (κ3) is 4.35. The molecule has 8 nitrogen and oxygen atoms in total. The molecule has 2 aromatic rings. The van der Waals surface area contributed by atoms with Gasteiger partial charge in [0.15, 0.2) is 5.69 Å². The number of aliphatic hydroxyl groups is 1. The summed E-state index contributed by atoms with van der Waals surface area (Å²) in [5.74, 6) is -0.567. The highest BCUT2D eigenvalue weighted by Crippen LogP contribution is 2.36. The lowest BCUT2D eigenvalue weighted by molar-refractivity contribution is -0.137. The summed E-state index contributed by atoms with van der Waals surface area (Å²) in [6.45, 7) is 0.641. The van der Waals surface area contributed by atoms with E-state index in [4.69, 9.17) is 5.11 Å². The van der Waals surface area contributed by atoms with Crippen LogP contribution in [0.5, 0.6) is 0 Å². The maximum absolute atomic E-state index is 13.3. The number of anilines is 1. The molecule has 27 heavy (non-hydrogen) atoms. The van der Waals surface area contributed by atoms with Gasteiger partial charge in [-0.3, -0.25) is 4.79 Å². The monoisotopic (exact) mass is 384 g/mol. The van der Waals surface area contributed by atoms with E-state index in [1.54, 1.807) is 4.90 Å². The van der Waals surface area contributed by atoms with Crippen molar-refractivity contribution in [3.63, 3.8) is 0 Å². The predicted octanol–water partition coefficient (Wildman–Crippen LogP) is 1.26. The van der Waals surface area contributed by atoms with Gasteiger partial charge in [-0.15, -0.1) is 5.10 Å². The quantitative estimate of drug-likeness (QED) is 0.806. The maximum Gasteiger partial charge on any atom is 0.419 e. The van der Waals surface area contributed by atoms with Gasteiger partial charge < -0.3 is 15.3 Å². The molecule has 146 valence electrons. The minimum Gasteiger partial charge on any atom is -0.395 e. The lowest BCUT2D eigenvalue weighted by Crippen LogP contribution is -2.38. The van der Waals surface area contributed by atoms with Crippen LogP contribution in [0.25, 0.3) is 0 Å². The minimum absolute atomic E-state index is 0.0920. The molecule has 0 aromatic carbocycles. The molecule has 0 aliphatic carbocycles. The van der Waals surface area contributed by atoms with Crippen molar-refractivity contribution in [3.8, 4) is 0 Å². The third-order valence-electron chi connectivity index (χ3n) is 4.30. The number of nitrogens with zero attached hydrogens (tertiary/aromatic N) is 5. The molecule has 1 saturated heterocycles. The zero-order valence-electron chi connectivity index (χ0n) is 14.4. The van der Waals surface area contributed by atoms with E-state index in [1.165, 1.54) is 23.1 Å². The molecule has 0 radical (unpaired) electrons. The molecule has 3 heterocycles. The molecule has 11 heteroatoms. The summed E-state index contributed by atoms with van der Waals surface area (Å²) in [5, 5.41) is 19.0. The van der Waals surface area contributed by atoms with Crippen molar-refractivity contribution in [2.24, 2.45) is 0 Å². The zero-order valence-corrected chi connectivity index (χ0v) is 14.4. The molecule has 1 fully saturated rings. The van der Waals surface area contributed by atoms with Gasteiger partial charge in [0.05, 0.1) is 24.4 Å². The van der Waals surface area contributed by atoms with Gasteiger partial charge in [0.2, 0.25) is 0 Å². The van der Waals surface area contributed by atoms with Crippen LogP contribution in [0.15, 0.2) is 24.5 Å².